The van der Waals surface area contributed by atoms with Crippen molar-refractivity contribution in [1.29, 1.82) is 0 Å². The number of halogens is 1. The first-order valence-corrected chi connectivity index (χ1v) is 6.47. The Balaban J connectivity index is 2.22. The van der Waals surface area contributed by atoms with Crippen LogP contribution in [0.5, 0.6) is 0 Å². The molecule has 0 radical (unpaired) electrons. The van der Waals surface area contributed by atoms with Crippen LogP contribution in [-0.4, -0.2) is 5.11 Å². The molecule has 0 atom stereocenters. The number of aliphatic hydroxyl groups excluding tert-OH is 1. The standard InChI is InChI=1S/C11H9ClOS2/c12-9-6-8(7-13)3-4-10(9)15-11-2-1-5-14-11/h1-6,13H,7H2. The molecule has 1 aromatic heterocycles. The van der Waals surface area contributed by atoms with Crippen molar-refractivity contribution in [3.63, 3.8) is 0 Å². The molecule has 2 rings (SSSR count). The summed E-state index contributed by atoms with van der Waals surface area (Å²) in [4.78, 5) is 1.02. The molecule has 2 aromatic rings. The van der Waals surface area contributed by atoms with Crippen LogP contribution in [0.3, 0.4) is 0 Å². The Kier molecular flexibility index (Phi) is 3.70. The minimum absolute atomic E-state index is 0.0314. The molecular formula is C11H9ClOS2. The smallest absolute Gasteiger partial charge is 0.0682 e. The molecule has 15 heavy (non-hydrogen) atoms. The molecule has 78 valence electrons. The molecular weight excluding hydrogens is 248 g/mol. The second kappa shape index (κ2) is 5.03. The maximum Gasteiger partial charge on any atom is 0.0682 e. The minimum atomic E-state index is 0.0314. The van der Waals surface area contributed by atoms with E-state index < -0.39 is 0 Å². The highest BCUT2D eigenvalue weighted by Crippen LogP contribution is 2.36. The van der Waals surface area contributed by atoms with Gasteiger partial charge in [0, 0.05) is 4.90 Å². The highest BCUT2D eigenvalue weighted by molar-refractivity contribution is 8.01. The van der Waals surface area contributed by atoms with Crippen molar-refractivity contribution in [3.8, 4) is 0 Å². The van der Waals surface area contributed by atoms with E-state index in [4.69, 9.17) is 16.7 Å². The van der Waals surface area contributed by atoms with Gasteiger partial charge < -0.3 is 5.11 Å². The summed E-state index contributed by atoms with van der Waals surface area (Å²) in [5.41, 5.74) is 0.843. The van der Waals surface area contributed by atoms with Gasteiger partial charge in [-0.1, -0.05) is 35.5 Å². The fourth-order valence-corrected chi connectivity index (χ4v) is 3.21. The van der Waals surface area contributed by atoms with Crippen molar-refractivity contribution in [2.45, 2.75) is 15.7 Å². The normalized spacial score (nSPS) is 10.5. The van der Waals surface area contributed by atoms with Gasteiger partial charge in [-0.25, -0.2) is 0 Å². The van der Waals surface area contributed by atoms with E-state index in [1.54, 1.807) is 29.2 Å². The number of aliphatic hydroxyl groups is 1. The molecule has 0 spiro atoms. The lowest BCUT2D eigenvalue weighted by Gasteiger charge is -2.03. The molecule has 1 N–H and O–H groups in total. The third kappa shape index (κ3) is 2.75. The predicted molar refractivity (Wildman–Crippen MR) is 65.8 cm³/mol. The van der Waals surface area contributed by atoms with Crippen LogP contribution in [0.15, 0.2) is 44.8 Å². The predicted octanol–water partition coefficient (Wildman–Crippen LogP) is 4.05. The molecule has 1 heterocycles. The summed E-state index contributed by atoms with van der Waals surface area (Å²) >= 11 is 9.43. The third-order valence-corrected chi connectivity index (χ3v) is 4.42. The largest absolute Gasteiger partial charge is 0.392 e. The van der Waals surface area contributed by atoms with Gasteiger partial charge in [0.25, 0.3) is 0 Å². The van der Waals surface area contributed by atoms with Gasteiger partial charge in [0.2, 0.25) is 0 Å². The highest BCUT2D eigenvalue weighted by Gasteiger charge is 2.04. The number of hydrogen-bond donors (Lipinski definition) is 1. The van der Waals surface area contributed by atoms with Gasteiger partial charge in [0.05, 0.1) is 15.8 Å². The van der Waals surface area contributed by atoms with Crippen molar-refractivity contribution in [2.75, 3.05) is 0 Å². The van der Waals surface area contributed by atoms with E-state index in [0.717, 1.165) is 10.5 Å². The molecule has 0 bridgehead atoms. The van der Waals surface area contributed by atoms with Crippen molar-refractivity contribution in [3.05, 3.63) is 46.3 Å². The van der Waals surface area contributed by atoms with Crippen LogP contribution in [0.1, 0.15) is 5.56 Å². The quantitative estimate of drug-likeness (QED) is 0.894. The van der Waals surface area contributed by atoms with Crippen molar-refractivity contribution < 1.29 is 5.11 Å². The summed E-state index contributed by atoms with van der Waals surface area (Å²) in [6.07, 6.45) is 0. The summed E-state index contributed by atoms with van der Waals surface area (Å²) in [5.74, 6) is 0. The van der Waals surface area contributed by atoms with Crippen molar-refractivity contribution in [1.82, 2.24) is 0 Å². The lowest BCUT2D eigenvalue weighted by atomic mass is 10.2. The minimum Gasteiger partial charge on any atom is -0.392 e. The van der Waals surface area contributed by atoms with E-state index in [9.17, 15) is 0 Å². The molecule has 0 saturated heterocycles. The zero-order valence-corrected chi connectivity index (χ0v) is 10.2. The van der Waals surface area contributed by atoms with Crippen LogP contribution in [0.25, 0.3) is 0 Å². The van der Waals surface area contributed by atoms with Crippen LogP contribution in [-0.2, 0) is 6.61 Å². The van der Waals surface area contributed by atoms with E-state index in [1.165, 1.54) is 4.21 Å². The SMILES string of the molecule is OCc1ccc(Sc2cccs2)c(Cl)c1. The molecule has 0 saturated carbocycles. The molecule has 0 aliphatic rings. The summed E-state index contributed by atoms with van der Waals surface area (Å²) < 4.78 is 1.22. The Morgan fingerprint density at radius 1 is 1.33 bits per heavy atom. The Bertz CT molecular complexity index is 440. The second-order valence-corrected chi connectivity index (χ2v) is 5.65. The van der Waals surface area contributed by atoms with Gasteiger partial charge in [-0.15, -0.1) is 11.3 Å². The summed E-state index contributed by atoms with van der Waals surface area (Å²) in [7, 11) is 0. The van der Waals surface area contributed by atoms with E-state index in [2.05, 4.69) is 6.07 Å². The lowest BCUT2D eigenvalue weighted by molar-refractivity contribution is 0.282. The van der Waals surface area contributed by atoms with Gasteiger partial charge in [0.15, 0.2) is 0 Å². The third-order valence-electron chi connectivity index (χ3n) is 1.88. The zero-order valence-electron chi connectivity index (χ0n) is 7.81. The average molecular weight is 257 g/mol. The zero-order chi connectivity index (χ0) is 10.7. The van der Waals surface area contributed by atoms with Crippen molar-refractivity contribution in [2.24, 2.45) is 0 Å². The van der Waals surface area contributed by atoms with E-state index in [0.29, 0.717) is 5.02 Å². The first-order chi connectivity index (χ1) is 7.29. The molecule has 0 fully saturated rings. The molecule has 4 heteroatoms. The average Bonchev–Trinajstić information content (AvgIpc) is 2.74. The Hall–Kier alpha value is -0.480. The number of hydrogen-bond acceptors (Lipinski definition) is 3. The highest BCUT2D eigenvalue weighted by atomic mass is 35.5. The Morgan fingerprint density at radius 3 is 2.80 bits per heavy atom. The second-order valence-electron chi connectivity index (χ2n) is 2.96. The van der Waals surface area contributed by atoms with Crippen LogP contribution in [0.4, 0.5) is 0 Å². The van der Waals surface area contributed by atoms with Crippen LogP contribution < -0.4 is 0 Å². The first kappa shape index (κ1) is 11.0. The Morgan fingerprint density at radius 2 is 2.20 bits per heavy atom. The summed E-state index contributed by atoms with van der Waals surface area (Å²) in [5, 5.41) is 11.7. The topological polar surface area (TPSA) is 20.2 Å². The van der Waals surface area contributed by atoms with Gasteiger partial charge >= 0.3 is 0 Å². The van der Waals surface area contributed by atoms with Gasteiger partial charge in [0.1, 0.15) is 0 Å². The first-order valence-electron chi connectivity index (χ1n) is 4.40. The molecule has 0 unspecified atom stereocenters. The lowest BCUT2D eigenvalue weighted by Crippen LogP contribution is -1.83. The number of thiophene rings is 1. The monoisotopic (exact) mass is 256 g/mol. The molecule has 0 amide bonds. The fourth-order valence-electron chi connectivity index (χ4n) is 1.16. The Labute approximate surface area is 102 Å². The van der Waals surface area contributed by atoms with Gasteiger partial charge in [-0.2, -0.15) is 0 Å². The van der Waals surface area contributed by atoms with Crippen molar-refractivity contribution >= 4 is 34.7 Å². The fraction of sp³-hybridized carbons (Fsp3) is 0.0909. The van der Waals surface area contributed by atoms with Crippen LogP contribution in [0, 0.1) is 0 Å². The van der Waals surface area contributed by atoms with E-state index in [1.807, 2.05) is 23.6 Å². The van der Waals surface area contributed by atoms with Crippen LogP contribution in [0.2, 0.25) is 5.02 Å². The van der Waals surface area contributed by atoms with Gasteiger partial charge in [-0.3, -0.25) is 0 Å². The molecule has 1 aromatic carbocycles. The van der Waals surface area contributed by atoms with E-state index >= 15 is 0 Å². The van der Waals surface area contributed by atoms with E-state index in [-0.39, 0.29) is 6.61 Å². The summed E-state index contributed by atoms with van der Waals surface area (Å²) in [6, 6.07) is 9.71. The molecule has 0 aliphatic carbocycles. The number of benzene rings is 1. The molecule has 1 nitrogen and oxygen atoms in total. The van der Waals surface area contributed by atoms with Gasteiger partial charge in [-0.05, 0) is 29.1 Å². The molecule has 0 aliphatic heterocycles. The number of rotatable bonds is 3. The maximum atomic E-state index is 8.95. The van der Waals surface area contributed by atoms with Crippen LogP contribution >= 0.6 is 34.7 Å². The maximum absolute atomic E-state index is 8.95. The summed E-state index contributed by atoms with van der Waals surface area (Å²) in [6.45, 7) is 0.0314.